The molecule has 1 aliphatic rings. The van der Waals surface area contributed by atoms with Gasteiger partial charge < -0.3 is 15.7 Å². The first-order chi connectivity index (χ1) is 11.0. The highest BCUT2D eigenvalue weighted by molar-refractivity contribution is 5.85. The third-order valence-electron chi connectivity index (χ3n) is 4.48. The molecule has 0 unspecified atom stereocenters. The normalized spacial score (nSPS) is 23.5. The molecule has 3 N–H and O–H groups in total. The van der Waals surface area contributed by atoms with Crippen molar-refractivity contribution >= 4 is 29.3 Å². The van der Waals surface area contributed by atoms with E-state index in [2.05, 4.69) is 9.97 Å². The molecule has 1 saturated carbocycles. The van der Waals surface area contributed by atoms with E-state index in [1.165, 1.54) is 0 Å². The number of carbonyl (C=O) groups is 1. The molecule has 0 radical (unpaired) electrons. The molecule has 0 saturated heterocycles. The molecule has 0 bridgehead atoms. The number of halogens is 1. The molecule has 2 aromatic rings. The lowest BCUT2D eigenvalue weighted by atomic mass is 9.83. The van der Waals surface area contributed by atoms with Crippen LogP contribution in [0.3, 0.4) is 0 Å². The number of hydrogen-bond acceptors (Lipinski definition) is 5. The molecule has 24 heavy (non-hydrogen) atoms. The minimum atomic E-state index is -0.490. The van der Waals surface area contributed by atoms with Crippen molar-refractivity contribution in [2.45, 2.75) is 38.0 Å². The van der Waals surface area contributed by atoms with Gasteiger partial charge in [-0.2, -0.15) is 0 Å². The van der Waals surface area contributed by atoms with E-state index in [1.807, 2.05) is 24.3 Å². The van der Waals surface area contributed by atoms with Crippen molar-refractivity contribution in [3.63, 3.8) is 0 Å². The van der Waals surface area contributed by atoms with Crippen LogP contribution in [-0.2, 0) is 11.3 Å². The second kappa shape index (κ2) is 7.88. The lowest BCUT2D eigenvalue weighted by molar-refractivity contribution is -0.136. The minimum absolute atomic E-state index is 0. The number of rotatable bonds is 3. The number of fused-ring (bicyclic) bond motifs is 1. The van der Waals surface area contributed by atoms with Gasteiger partial charge in [0.15, 0.2) is 0 Å². The summed E-state index contributed by atoms with van der Waals surface area (Å²) in [5.74, 6) is -0.0610. The van der Waals surface area contributed by atoms with Gasteiger partial charge in [-0.25, -0.2) is 4.98 Å². The van der Waals surface area contributed by atoms with Crippen LogP contribution >= 0.6 is 12.4 Å². The molecule has 1 fully saturated rings. The molecular formula is C17H23ClN4O2. The number of para-hydroxylation sites is 2. The summed E-state index contributed by atoms with van der Waals surface area (Å²) in [5, 5.41) is 9.68. The van der Waals surface area contributed by atoms with Crippen LogP contribution in [0.4, 0.5) is 0 Å². The van der Waals surface area contributed by atoms with E-state index in [4.69, 9.17) is 5.73 Å². The molecule has 1 aromatic carbocycles. The van der Waals surface area contributed by atoms with Crippen molar-refractivity contribution in [3.05, 3.63) is 36.2 Å². The number of nitrogens with zero attached hydrogens (tertiary/aromatic N) is 3. The van der Waals surface area contributed by atoms with Crippen LogP contribution in [0.2, 0.25) is 0 Å². The summed E-state index contributed by atoms with van der Waals surface area (Å²) < 4.78 is 0. The molecule has 1 heterocycles. The summed E-state index contributed by atoms with van der Waals surface area (Å²) in [6, 6.07) is 7.36. The Balaban J connectivity index is 0.00000208. The smallest absolute Gasteiger partial charge is 0.225 e. The van der Waals surface area contributed by atoms with E-state index in [-0.39, 0.29) is 30.3 Å². The van der Waals surface area contributed by atoms with Crippen molar-refractivity contribution < 1.29 is 9.90 Å². The quantitative estimate of drug-likeness (QED) is 0.875. The predicted octanol–water partition coefficient (Wildman–Crippen LogP) is 1.50. The van der Waals surface area contributed by atoms with Crippen molar-refractivity contribution in [2.75, 3.05) is 7.05 Å². The Morgan fingerprint density at radius 3 is 2.75 bits per heavy atom. The Bertz CT molecular complexity index is 712. The molecule has 1 aliphatic carbocycles. The molecule has 130 valence electrons. The molecule has 0 aliphatic heterocycles. The zero-order chi connectivity index (χ0) is 16.4. The zero-order valence-corrected chi connectivity index (χ0v) is 14.4. The number of carbonyl (C=O) groups excluding carboxylic acids is 1. The lowest BCUT2D eigenvalue weighted by Crippen LogP contribution is -2.45. The van der Waals surface area contributed by atoms with Gasteiger partial charge in [-0.15, -0.1) is 12.4 Å². The fourth-order valence-corrected chi connectivity index (χ4v) is 3.12. The maximum absolute atomic E-state index is 12.6. The van der Waals surface area contributed by atoms with E-state index in [0.717, 1.165) is 16.7 Å². The van der Waals surface area contributed by atoms with Crippen molar-refractivity contribution in [3.8, 4) is 0 Å². The van der Waals surface area contributed by atoms with E-state index >= 15 is 0 Å². The Labute approximate surface area is 147 Å². The fourth-order valence-electron chi connectivity index (χ4n) is 3.12. The van der Waals surface area contributed by atoms with Crippen LogP contribution in [-0.4, -0.2) is 45.1 Å². The molecule has 1 amide bonds. The summed E-state index contributed by atoms with van der Waals surface area (Å²) >= 11 is 0. The number of amides is 1. The number of aromatic nitrogens is 2. The Kier molecular flexibility index (Phi) is 6.10. The summed E-state index contributed by atoms with van der Waals surface area (Å²) in [5.41, 5.74) is 8.31. The number of benzene rings is 1. The van der Waals surface area contributed by atoms with Crippen LogP contribution in [0.25, 0.3) is 11.0 Å². The van der Waals surface area contributed by atoms with E-state index in [9.17, 15) is 9.90 Å². The van der Waals surface area contributed by atoms with Gasteiger partial charge in [0.05, 0.1) is 35.6 Å². The van der Waals surface area contributed by atoms with E-state index in [1.54, 1.807) is 18.1 Å². The summed E-state index contributed by atoms with van der Waals surface area (Å²) in [4.78, 5) is 23.2. The third kappa shape index (κ3) is 4.01. The summed E-state index contributed by atoms with van der Waals surface area (Å²) in [7, 11) is 1.77. The van der Waals surface area contributed by atoms with Gasteiger partial charge in [0.25, 0.3) is 0 Å². The highest BCUT2D eigenvalue weighted by Crippen LogP contribution is 2.25. The lowest BCUT2D eigenvalue weighted by Gasteiger charge is -2.32. The zero-order valence-electron chi connectivity index (χ0n) is 13.6. The van der Waals surface area contributed by atoms with Crippen molar-refractivity contribution in [2.24, 2.45) is 11.7 Å². The van der Waals surface area contributed by atoms with Crippen LogP contribution in [0.5, 0.6) is 0 Å². The van der Waals surface area contributed by atoms with Gasteiger partial charge in [0, 0.05) is 19.0 Å². The maximum atomic E-state index is 12.6. The number of aliphatic hydroxyl groups excluding tert-OH is 1. The highest BCUT2D eigenvalue weighted by atomic mass is 35.5. The molecule has 6 nitrogen and oxygen atoms in total. The summed E-state index contributed by atoms with van der Waals surface area (Å²) in [6.07, 6.45) is 3.02. The minimum Gasteiger partial charge on any atom is -0.392 e. The molecule has 3 atom stereocenters. The molecule has 7 heteroatoms. The second-order valence-corrected chi connectivity index (χ2v) is 6.29. The average molecular weight is 351 g/mol. The van der Waals surface area contributed by atoms with Gasteiger partial charge in [-0.3, -0.25) is 9.78 Å². The second-order valence-electron chi connectivity index (χ2n) is 6.29. The van der Waals surface area contributed by atoms with Gasteiger partial charge in [0.1, 0.15) is 0 Å². The molecule has 3 rings (SSSR count). The monoisotopic (exact) mass is 350 g/mol. The topological polar surface area (TPSA) is 92.3 Å². The van der Waals surface area contributed by atoms with Crippen LogP contribution in [0.1, 0.15) is 25.0 Å². The van der Waals surface area contributed by atoms with Gasteiger partial charge in [0.2, 0.25) is 5.91 Å². The van der Waals surface area contributed by atoms with Gasteiger partial charge >= 0.3 is 0 Å². The number of aliphatic hydroxyl groups is 1. The largest absolute Gasteiger partial charge is 0.392 e. The van der Waals surface area contributed by atoms with Crippen LogP contribution in [0, 0.1) is 5.92 Å². The van der Waals surface area contributed by atoms with E-state index < -0.39 is 6.10 Å². The van der Waals surface area contributed by atoms with Crippen LogP contribution in [0.15, 0.2) is 30.5 Å². The van der Waals surface area contributed by atoms with E-state index in [0.29, 0.717) is 25.8 Å². The average Bonchev–Trinajstić information content (AvgIpc) is 2.56. The Morgan fingerprint density at radius 2 is 2.04 bits per heavy atom. The fraction of sp³-hybridized carbons (Fsp3) is 0.471. The first kappa shape index (κ1) is 18.6. The SMILES string of the molecule is CN(Cc1cnc2ccccc2n1)C(=O)[C@H]1CC[C@@H](O)[C@H](N)C1.Cl. The number of nitrogens with two attached hydrogens (primary N) is 1. The maximum Gasteiger partial charge on any atom is 0.225 e. The molecular weight excluding hydrogens is 328 g/mol. The Morgan fingerprint density at radius 1 is 1.33 bits per heavy atom. The highest BCUT2D eigenvalue weighted by Gasteiger charge is 2.32. The third-order valence-corrected chi connectivity index (χ3v) is 4.48. The molecule has 1 aromatic heterocycles. The van der Waals surface area contributed by atoms with Crippen LogP contribution < -0.4 is 5.73 Å². The van der Waals surface area contributed by atoms with Gasteiger partial charge in [-0.05, 0) is 31.4 Å². The predicted molar refractivity (Wildman–Crippen MR) is 94.6 cm³/mol. The Hall–Kier alpha value is -1.76. The van der Waals surface area contributed by atoms with Gasteiger partial charge in [-0.1, -0.05) is 12.1 Å². The van der Waals surface area contributed by atoms with Crippen molar-refractivity contribution in [1.82, 2.24) is 14.9 Å². The summed E-state index contributed by atoms with van der Waals surface area (Å²) in [6.45, 7) is 0.422. The first-order valence-electron chi connectivity index (χ1n) is 7.94. The first-order valence-corrected chi connectivity index (χ1v) is 7.94. The van der Waals surface area contributed by atoms with Crippen molar-refractivity contribution in [1.29, 1.82) is 0 Å². The molecule has 0 spiro atoms. The number of hydrogen-bond donors (Lipinski definition) is 2. The standard InChI is InChI=1S/C17H22N4O2.ClH/c1-21(17(23)11-6-7-16(22)13(18)8-11)10-12-9-19-14-4-2-3-5-15(14)20-12;/h2-5,9,11,13,16,22H,6-8,10,18H2,1H3;1H/t11-,13+,16+;/m0./s1.